The Bertz CT molecular complexity index is 514. The van der Waals surface area contributed by atoms with Gasteiger partial charge in [0.1, 0.15) is 11.8 Å². The van der Waals surface area contributed by atoms with E-state index in [1.807, 2.05) is 44.2 Å². The van der Waals surface area contributed by atoms with Crippen LogP contribution in [0.5, 0.6) is 0 Å². The quantitative estimate of drug-likeness (QED) is 0.821. The number of ether oxygens (including phenoxy) is 1. The van der Waals surface area contributed by atoms with E-state index in [0.29, 0.717) is 13.0 Å². The molecule has 1 fully saturated rings. The number of benzene rings is 1. The van der Waals surface area contributed by atoms with Crippen LogP contribution in [0.25, 0.3) is 0 Å². The van der Waals surface area contributed by atoms with Crippen molar-refractivity contribution in [3.05, 3.63) is 35.9 Å². The summed E-state index contributed by atoms with van der Waals surface area (Å²) >= 11 is 0. The molecule has 0 saturated carbocycles. The van der Waals surface area contributed by atoms with Gasteiger partial charge >= 0.3 is 5.97 Å². The zero-order chi connectivity index (χ0) is 16.1. The molecule has 1 aliphatic heterocycles. The Kier molecular flexibility index (Phi) is 5.72. The highest BCUT2D eigenvalue weighted by Crippen LogP contribution is 2.31. The lowest BCUT2D eigenvalue weighted by atomic mass is 9.82. The van der Waals surface area contributed by atoms with Gasteiger partial charge < -0.3 is 10.1 Å². The first-order valence-electron chi connectivity index (χ1n) is 8.09. The number of Topliss-reactive ketones (excluding diaryl/α,β-unsaturated/α-hetero) is 1. The minimum atomic E-state index is -0.364. The molecule has 1 heterocycles. The van der Waals surface area contributed by atoms with Gasteiger partial charge in [-0.05, 0) is 32.3 Å². The van der Waals surface area contributed by atoms with E-state index in [9.17, 15) is 9.59 Å². The summed E-state index contributed by atoms with van der Waals surface area (Å²) in [7, 11) is 0. The van der Waals surface area contributed by atoms with Crippen molar-refractivity contribution < 1.29 is 14.3 Å². The average molecular weight is 303 g/mol. The van der Waals surface area contributed by atoms with Crippen molar-refractivity contribution in [3.8, 4) is 0 Å². The van der Waals surface area contributed by atoms with Crippen LogP contribution in [0.3, 0.4) is 0 Å². The lowest BCUT2D eigenvalue weighted by Crippen LogP contribution is -2.36. The zero-order valence-electron chi connectivity index (χ0n) is 13.5. The third kappa shape index (κ3) is 3.55. The minimum Gasteiger partial charge on any atom is -0.465 e. The third-order valence-electron chi connectivity index (χ3n) is 4.45. The van der Waals surface area contributed by atoms with Gasteiger partial charge in [-0.1, -0.05) is 37.3 Å². The van der Waals surface area contributed by atoms with Crippen molar-refractivity contribution in [2.75, 3.05) is 6.61 Å². The van der Waals surface area contributed by atoms with E-state index in [4.69, 9.17) is 4.74 Å². The Hall–Kier alpha value is -1.68. The summed E-state index contributed by atoms with van der Waals surface area (Å²) in [6, 6.07) is 9.52. The molecule has 1 N–H and O–H groups in total. The highest BCUT2D eigenvalue weighted by atomic mass is 16.5. The molecule has 1 saturated heterocycles. The fraction of sp³-hybridized carbons (Fsp3) is 0.556. The van der Waals surface area contributed by atoms with Crippen molar-refractivity contribution >= 4 is 11.8 Å². The monoisotopic (exact) mass is 303 g/mol. The third-order valence-corrected chi connectivity index (χ3v) is 4.45. The molecule has 1 aromatic rings. The Balaban J connectivity index is 2.10. The van der Waals surface area contributed by atoms with E-state index in [2.05, 4.69) is 5.32 Å². The van der Waals surface area contributed by atoms with Gasteiger partial charge in [0.25, 0.3) is 0 Å². The van der Waals surface area contributed by atoms with Gasteiger partial charge in [-0.25, -0.2) is 0 Å². The lowest BCUT2D eigenvalue weighted by Gasteiger charge is -2.21. The number of ketones is 1. The second-order valence-electron chi connectivity index (χ2n) is 5.88. The first kappa shape index (κ1) is 16.7. The molecule has 0 amide bonds. The van der Waals surface area contributed by atoms with Crippen LogP contribution in [0.15, 0.2) is 30.3 Å². The second-order valence-corrected chi connectivity index (χ2v) is 5.88. The van der Waals surface area contributed by atoms with Crippen molar-refractivity contribution in [2.24, 2.45) is 5.92 Å². The number of carbonyl (C=O) groups excluding carboxylic acids is 2. The molecule has 120 valence electrons. The summed E-state index contributed by atoms with van der Waals surface area (Å²) in [6.07, 6.45) is 1.30. The van der Waals surface area contributed by atoms with Gasteiger partial charge in [0.15, 0.2) is 0 Å². The number of nitrogens with one attached hydrogen (secondary N) is 1. The molecular weight excluding hydrogens is 278 g/mol. The van der Waals surface area contributed by atoms with Gasteiger partial charge in [-0.3, -0.25) is 9.59 Å². The minimum absolute atomic E-state index is 0.000307. The summed E-state index contributed by atoms with van der Waals surface area (Å²) in [6.45, 7) is 6.16. The topological polar surface area (TPSA) is 55.4 Å². The SMILES string of the molecule is CCOC(=O)[C@@H]1CC(C(=O)C(CC)c2ccccc2)C(C)N1. The van der Waals surface area contributed by atoms with E-state index in [-0.39, 0.29) is 35.7 Å². The van der Waals surface area contributed by atoms with E-state index < -0.39 is 0 Å². The normalized spacial score (nSPS) is 25.7. The van der Waals surface area contributed by atoms with Crippen LogP contribution >= 0.6 is 0 Å². The number of carbonyl (C=O) groups is 2. The molecule has 1 aliphatic rings. The molecule has 0 aromatic heterocycles. The van der Waals surface area contributed by atoms with E-state index in [1.165, 1.54) is 0 Å². The van der Waals surface area contributed by atoms with E-state index >= 15 is 0 Å². The fourth-order valence-electron chi connectivity index (χ4n) is 3.27. The van der Waals surface area contributed by atoms with Crippen molar-refractivity contribution in [1.29, 1.82) is 0 Å². The predicted octanol–water partition coefficient (Wildman–Crippen LogP) is 2.68. The van der Waals surface area contributed by atoms with Gasteiger partial charge in [-0.2, -0.15) is 0 Å². The number of hydrogen-bond acceptors (Lipinski definition) is 4. The van der Waals surface area contributed by atoms with E-state index in [1.54, 1.807) is 6.92 Å². The molecule has 3 unspecified atom stereocenters. The van der Waals surface area contributed by atoms with Gasteiger partial charge in [0.2, 0.25) is 0 Å². The van der Waals surface area contributed by atoms with Gasteiger partial charge in [-0.15, -0.1) is 0 Å². The molecule has 0 aliphatic carbocycles. The summed E-state index contributed by atoms with van der Waals surface area (Å²) in [5.41, 5.74) is 1.06. The Labute approximate surface area is 132 Å². The first-order chi connectivity index (χ1) is 10.6. The standard InChI is InChI=1S/C18H25NO3/c1-4-14(13-9-7-6-8-10-13)17(20)15-11-16(19-12(15)3)18(21)22-5-2/h6-10,12,14-16,19H,4-5,11H2,1-3H3/t12?,14?,15?,16-/m0/s1. The Morgan fingerprint density at radius 2 is 1.95 bits per heavy atom. The van der Waals surface area contributed by atoms with Gasteiger partial charge in [0.05, 0.1) is 6.61 Å². The fourth-order valence-corrected chi connectivity index (χ4v) is 3.27. The number of esters is 1. The molecule has 0 radical (unpaired) electrons. The molecule has 1 aromatic carbocycles. The van der Waals surface area contributed by atoms with Crippen molar-refractivity contribution in [1.82, 2.24) is 5.32 Å². The molecule has 2 rings (SSSR count). The lowest BCUT2D eigenvalue weighted by molar-refractivity contribution is -0.145. The van der Waals surface area contributed by atoms with Crippen LogP contribution < -0.4 is 5.32 Å². The van der Waals surface area contributed by atoms with Crippen LogP contribution in [-0.4, -0.2) is 30.4 Å². The molecule has 22 heavy (non-hydrogen) atoms. The molecule has 4 heteroatoms. The smallest absolute Gasteiger partial charge is 0.323 e. The zero-order valence-corrected chi connectivity index (χ0v) is 13.5. The molecule has 0 spiro atoms. The number of rotatable bonds is 6. The molecule has 0 bridgehead atoms. The van der Waals surface area contributed by atoms with Gasteiger partial charge in [0, 0.05) is 17.9 Å². The van der Waals surface area contributed by atoms with Crippen LogP contribution in [-0.2, 0) is 14.3 Å². The Morgan fingerprint density at radius 1 is 1.27 bits per heavy atom. The van der Waals surface area contributed by atoms with Crippen LogP contribution in [0.2, 0.25) is 0 Å². The molecule has 4 nitrogen and oxygen atoms in total. The molecule has 4 atom stereocenters. The predicted molar refractivity (Wildman–Crippen MR) is 85.6 cm³/mol. The largest absolute Gasteiger partial charge is 0.465 e. The second kappa shape index (κ2) is 7.54. The van der Waals surface area contributed by atoms with E-state index in [0.717, 1.165) is 12.0 Å². The maximum atomic E-state index is 12.9. The molecular formula is C18H25NO3. The maximum Gasteiger partial charge on any atom is 0.323 e. The highest BCUT2D eigenvalue weighted by Gasteiger charge is 2.41. The summed E-state index contributed by atoms with van der Waals surface area (Å²) < 4.78 is 5.06. The maximum absolute atomic E-state index is 12.9. The summed E-state index contributed by atoms with van der Waals surface area (Å²) in [4.78, 5) is 24.8. The number of hydrogen-bond donors (Lipinski definition) is 1. The highest BCUT2D eigenvalue weighted by molar-refractivity contribution is 5.90. The summed E-state index contributed by atoms with van der Waals surface area (Å²) in [5.74, 6) is -0.270. The Morgan fingerprint density at radius 3 is 2.55 bits per heavy atom. The average Bonchev–Trinajstić information content (AvgIpc) is 2.91. The van der Waals surface area contributed by atoms with Crippen LogP contribution in [0, 0.1) is 5.92 Å². The summed E-state index contributed by atoms with van der Waals surface area (Å²) in [5, 5.41) is 3.20. The van der Waals surface area contributed by atoms with Crippen LogP contribution in [0.1, 0.15) is 45.1 Å². The van der Waals surface area contributed by atoms with Crippen molar-refractivity contribution in [2.45, 2.75) is 51.6 Å². The van der Waals surface area contributed by atoms with Crippen LogP contribution in [0.4, 0.5) is 0 Å². The first-order valence-corrected chi connectivity index (χ1v) is 8.09. The van der Waals surface area contributed by atoms with Crippen molar-refractivity contribution in [3.63, 3.8) is 0 Å².